The summed E-state index contributed by atoms with van der Waals surface area (Å²) >= 11 is 0. The minimum absolute atomic E-state index is 0.222. The van der Waals surface area contributed by atoms with Crippen LogP contribution < -0.4 is 14.4 Å². The average Bonchev–Trinajstić information content (AvgIpc) is 3.07. The smallest absolute Gasteiger partial charge is 0.228 e. The first-order valence-corrected chi connectivity index (χ1v) is 12.5. The molecule has 1 N–H and O–H groups in total. The van der Waals surface area contributed by atoms with E-state index >= 15 is 0 Å². The minimum atomic E-state index is -0.755. The standard InChI is InChI=1S/C31H30N2O3/c1-30(2)26-12-6-7-13-27(26)33(18-8-9-19-35-24-10-4-3-5-11-24)31(30)21-32-29-25-20-23(34)16-14-22(25)15-17-28(29)36-31/h3-7,10-17,20-21,34H,8-9,18-19H2,1-2H3. The molecule has 0 saturated heterocycles. The molecule has 0 fully saturated rings. The number of unbranched alkanes of at least 4 members (excludes halogenated alkanes) is 1. The highest BCUT2D eigenvalue weighted by atomic mass is 16.5. The number of nitrogens with zero attached hydrogens (tertiary/aromatic N) is 2. The lowest BCUT2D eigenvalue weighted by atomic mass is 9.77. The molecule has 0 aromatic heterocycles. The molecule has 36 heavy (non-hydrogen) atoms. The molecule has 0 radical (unpaired) electrons. The zero-order valence-corrected chi connectivity index (χ0v) is 20.6. The van der Waals surface area contributed by atoms with Crippen molar-refractivity contribution in [3.8, 4) is 17.2 Å². The molecule has 182 valence electrons. The number of rotatable bonds is 6. The number of aromatic hydroxyl groups is 1. The number of benzene rings is 4. The van der Waals surface area contributed by atoms with E-state index in [4.69, 9.17) is 14.5 Å². The Balaban J connectivity index is 1.31. The van der Waals surface area contributed by atoms with Gasteiger partial charge in [-0.1, -0.05) is 48.5 Å². The Labute approximate surface area is 211 Å². The van der Waals surface area contributed by atoms with Gasteiger partial charge in [-0.05, 0) is 74.0 Å². The molecule has 0 amide bonds. The molecule has 1 spiro atoms. The van der Waals surface area contributed by atoms with Gasteiger partial charge >= 0.3 is 0 Å². The molecule has 2 aliphatic rings. The predicted molar refractivity (Wildman–Crippen MR) is 145 cm³/mol. The summed E-state index contributed by atoms with van der Waals surface area (Å²) in [6.45, 7) is 5.94. The Hall–Kier alpha value is -3.99. The van der Waals surface area contributed by atoms with Crippen LogP contribution in [0.2, 0.25) is 0 Å². The molecule has 0 saturated carbocycles. The second-order valence-electron chi connectivity index (χ2n) is 10.0. The van der Waals surface area contributed by atoms with Crippen molar-refractivity contribution in [2.24, 2.45) is 4.99 Å². The number of fused-ring (bicyclic) bond motifs is 4. The molecule has 0 bridgehead atoms. The predicted octanol–water partition coefficient (Wildman–Crippen LogP) is 6.99. The van der Waals surface area contributed by atoms with E-state index in [1.54, 1.807) is 12.1 Å². The minimum Gasteiger partial charge on any atom is -0.508 e. The fourth-order valence-corrected chi connectivity index (χ4v) is 5.56. The number of ether oxygens (including phenoxy) is 2. The van der Waals surface area contributed by atoms with E-state index < -0.39 is 5.72 Å². The van der Waals surface area contributed by atoms with Crippen LogP contribution in [-0.4, -0.2) is 30.2 Å². The number of hydrogen-bond acceptors (Lipinski definition) is 5. The van der Waals surface area contributed by atoms with Gasteiger partial charge in [0.25, 0.3) is 0 Å². The van der Waals surface area contributed by atoms with Crippen molar-refractivity contribution in [2.75, 3.05) is 18.1 Å². The zero-order chi connectivity index (χ0) is 24.8. The van der Waals surface area contributed by atoms with E-state index in [0.29, 0.717) is 6.61 Å². The summed E-state index contributed by atoms with van der Waals surface area (Å²) in [6, 6.07) is 27.9. The van der Waals surface area contributed by atoms with Gasteiger partial charge in [-0.2, -0.15) is 0 Å². The quantitative estimate of drug-likeness (QED) is 0.303. The number of phenols is 1. The highest BCUT2D eigenvalue weighted by Gasteiger charge is 2.59. The molecule has 6 rings (SSSR count). The summed E-state index contributed by atoms with van der Waals surface area (Å²) in [6.07, 6.45) is 3.86. The van der Waals surface area contributed by atoms with Crippen molar-refractivity contribution >= 4 is 28.4 Å². The zero-order valence-electron chi connectivity index (χ0n) is 20.6. The molecule has 2 heterocycles. The summed E-state index contributed by atoms with van der Waals surface area (Å²) < 4.78 is 12.8. The van der Waals surface area contributed by atoms with Crippen LogP contribution in [0.15, 0.2) is 89.9 Å². The van der Waals surface area contributed by atoms with Gasteiger partial charge in [-0.25, -0.2) is 0 Å². The van der Waals surface area contributed by atoms with E-state index in [-0.39, 0.29) is 11.2 Å². The van der Waals surface area contributed by atoms with Gasteiger partial charge in [0.2, 0.25) is 5.72 Å². The summed E-state index contributed by atoms with van der Waals surface area (Å²) in [7, 11) is 0. The normalized spacial score (nSPS) is 19.2. The average molecular weight is 479 g/mol. The first-order valence-electron chi connectivity index (χ1n) is 12.5. The molecule has 0 aliphatic carbocycles. The fraction of sp³-hybridized carbons (Fsp3) is 0.258. The van der Waals surface area contributed by atoms with Crippen LogP contribution in [0.25, 0.3) is 10.8 Å². The Kier molecular flexibility index (Phi) is 5.36. The van der Waals surface area contributed by atoms with E-state index in [1.165, 1.54) is 11.3 Å². The largest absolute Gasteiger partial charge is 0.508 e. The second kappa shape index (κ2) is 8.59. The lowest BCUT2D eigenvalue weighted by Gasteiger charge is -2.46. The van der Waals surface area contributed by atoms with Gasteiger partial charge in [-0.3, -0.25) is 4.99 Å². The van der Waals surface area contributed by atoms with Crippen molar-refractivity contribution in [2.45, 2.75) is 37.8 Å². The van der Waals surface area contributed by atoms with Crippen molar-refractivity contribution in [3.05, 3.63) is 90.5 Å². The van der Waals surface area contributed by atoms with E-state index in [0.717, 1.165) is 47.3 Å². The number of hydrogen-bond donors (Lipinski definition) is 1. The first kappa shape index (κ1) is 22.5. The molecule has 2 aliphatic heterocycles. The Morgan fingerprint density at radius 3 is 2.56 bits per heavy atom. The van der Waals surface area contributed by atoms with Crippen LogP contribution in [0.5, 0.6) is 17.2 Å². The van der Waals surface area contributed by atoms with Gasteiger partial charge < -0.3 is 19.5 Å². The molecule has 4 aromatic rings. The molecule has 5 nitrogen and oxygen atoms in total. The lowest BCUT2D eigenvalue weighted by Crippen LogP contribution is -2.62. The number of para-hydroxylation sites is 2. The molecule has 1 unspecified atom stereocenters. The van der Waals surface area contributed by atoms with E-state index in [9.17, 15) is 5.11 Å². The number of aliphatic imine (C=N–C) groups is 1. The third-order valence-corrected chi connectivity index (χ3v) is 7.53. The van der Waals surface area contributed by atoms with Crippen LogP contribution in [-0.2, 0) is 5.41 Å². The van der Waals surface area contributed by atoms with Crippen molar-refractivity contribution < 1.29 is 14.6 Å². The van der Waals surface area contributed by atoms with Gasteiger partial charge in [0.05, 0.1) is 18.2 Å². The third kappa shape index (κ3) is 3.49. The first-order chi connectivity index (χ1) is 17.5. The Bertz CT molecular complexity index is 1450. The summed E-state index contributed by atoms with van der Waals surface area (Å²) in [5, 5.41) is 12.0. The van der Waals surface area contributed by atoms with Crippen LogP contribution in [0, 0.1) is 0 Å². The highest BCUT2D eigenvalue weighted by Crippen LogP contribution is 2.54. The van der Waals surface area contributed by atoms with E-state index in [2.05, 4.69) is 43.0 Å². The molecule has 1 atom stereocenters. The summed E-state index contributed by atoms with van der Waals surface area (Å²) in [5.74, 6) is 1.85. The van der Waals surface area contributed by atoms with E-state index in [1.807, 2.05) is 54.7 Å². The maximum absolute atomic E-state index is 10.1. The summed E-state index contributed by atoms with van der Waals surface area (Å²) in [5.41, 5.74) is 2.10. The Morgan fingerprint density at radius 2 is 1.69 bits per heavy atom. The van der Waals surface area contributed by atoms with Crippen LogP contribution in [0.4, 0.5) is 11.4 Å². The SMILES string of the molecule is CC1(C)c2ccccc2N(CCCCOc2ccccc2)C12C=Nc1c(ccc3ccc(O)cc13)O2. The molecule has 4 aromatic carbocycles. The number of phenolic OH excluding ortho intramolecular Hbond substituents is 1. The summed E-state index contributed by atoms with van der Waals surface area (Å²) in [4.78, 5) is 7.35. The number of anilines is 1. The monoisotopic (exact) mass is 478 g/mol. The second-order valence-corrected chi connectivity index (χ2v) is 10.0. The topological polar surface area (TPSA) is 54.3 Å². The van der Waals surface area contributed by atoms with Crippen LogP contribution in [0.1, 0.15) is 32.3 Å². The fourth-order valence-electron chi connectivity index (χ4n) is 5.56. The van der Waals surface area contributed by atoms with Gasteiger partial charge in [-0.15, -0.1) is 0 Å². The van der Waals surface area contributed by atoms with Gasteiger partial charge in [0.1, 0.15) is 22.9 Å². The molecule has 5 heteroatoms. The van der Waals surface area contributed by atoms with Crippen LogP contribution >= 0.6 is 0 Å². The maximum atomic E-state index is 10.1. The van der Waals surface area contributed by atoms with Gasteiger partial charge in [0, 0.05) is 17.6 Å². The molecular formula is C31H30N2O3. The maximum Gasteiger partial charge on any atom is 0.228 e. The Morgan fingerprint density at radius 1 is 0.917 bits per heavy atom. The van der Waals surface area contributed by atoms with Crippen LogP contribution in [0.3, 0.4) is 0 Å². The van der Waals surface area contributed by atoms with Gasteiger partial charge in [0.15, 0.2) is 0 Å². The third-order valence-electron chi connectivity index (χ3n) is 7.53. The van der Waals surface area contributed by atoms with Crippen molar-refractivity contribution in [1.29, 1.82) is 0 Å². The van der Waals surface area contributed by atoms with Crippen molar-refractivity contribution in [1.82, 2.24) is 0 Å². The lowest BCUT2D eigenvalue weighted by molar-refractivity contribution is 0.0772. The van der Waals surface area contributed by atoms with Crippen molar-refractivity contribution in [3.63, 3.8) is 0 Å². The molecular weight excluding hydrogens is 448 g/mol. The highest BCUT2D eigenvalue weighted by molar-refractivity contribution is 6.00.